The van der Waals surface area contributed by atoms with Crippen molar-refractivity contribution in [3.63, 3.8) is 0 Å². The minimum atomic E-state index is -0.489. The van der Waals surface area contributed by atoms with Gasteiger partial charge in [-0.05, 0) is 50.5 Å². The van der Waals surface area contributed by atoms with E-state index in [4.69, 9.17) is 26.3 Å². The summed E-state index contributed by atoms with van der Waals surface area (Å²) in [5.41, 5.74) is 3.56. The molecule has 3 aromatic carbocycles. The summed E-state index contributed by atoms with van der Waals surface area (Å²) in [6.45, 7) is 2.65. The Bertz CT molecular complexity index is 1100. The first-order chi connectivity index (χ1) is 16.5. The molecule has 0 atom stereocenters. The van der Waals surface area contributed by atoms with Crippen LogP contribution in [0.25, 0.3) is 0 Å². The van der Waals surface area contributed by atoms with Crippen LogP contribution in [0.4, 0.5) is 4.79 Å². The van der Waals surface area contributed by atoms with Crippen molar-refractivity contribution in [3.8, 4) is 5.75 Å². The van der Waals surface area contributed by atoms with Crippen molar-refractivity contribution in [2.45, 2.75) is 38.3 Å². The number of ether oxygens (including phenoxy) is 1. The lowest BCUT2D eigenvalue weighted by Gasteiger charge is -2.17. The molecule has 0 saturated heterocycles. The van der Waals surface area contributed by atoms with E-state index < -0.39 is 11.8 Å². The van der Waals surface area contributed by atoms with Crippen LogP contribution in [-0.2, 0) is 0 Å². The largest absolute Gasteiger partial charge is 0.412 e. The van der Waals surface area contributed by atoms with Crippen molar-refractivity contribution >= 4 is 29.1 Å². The van der Waals surface area contributed by atoms with E-state index >= 15 is 0 Å². The number of halogens is 1. The fourth-order valence-corrected chi connectivity index (χ4v) is 4.04. The molecule has 1 amide bonds. The Morgan fingerprint density at radius 1 is 0.824 bits per heavy atom. The molecule has 6 heteroatoms. The molecule has 4 rings (SSSR count). The van der Waals surface area contributed by atoms with Gasteiger partial charge >= 0.3 is 6.09 Å². The van der Waals surface area contributed by atoms with Crippen LogP contribution in [-0.4, -0.2) is 29.7 Å². The molecule has 1 heterocycles. The monoisotopic (exact) mass is 473 g/mol. The lowest BCUT2D eigenvalue weighted by molar-refractivity contribution is 0.200. The van der Waals surface area contributed by atoms with E-state index in [0.29, 0.717) is 17.3 Å². The van der Waals surface area contributed by atoms with Gasteiger partial charge in [0.1, 0.15) is 11.4 Å². The molecule has 0 bridgehead atoms. The fraction of sp³-hybridized carbons (Fsp3) is 0.250. The first-order valence-corrected chi connectivity index (χ1v) is 11.9. The van der Waals surface area contributed by atoms with Gasteiger partial charge in [0.05, 0.1) is 11.4 Å². The standard InChI is InChI=1S/C28H28ClN3O2/c1-28(19-9-4-10-20-30-27(33)34-24-17-15-23(29)16-18-24)31-25(21-11-5-2-6-12-21)26(32-28)22-13-7-3-8-14-22/h2-3,5-8,11-18H,4,9-10,19-20H2,1H3,(H,30,33). The Morgan fingerprint density at radius 2 is 1.38 bits per heavy atom. The molecule has 1 aliphatic rings. The molecule has 0 spiro atoms. The van der Waals surface area contributed by atoms with Crippen molar-refractivity contribution in [2.24, 2.45) is 9.98 Å². The number of aliphatic imine (C=N–C) groups is 2. The minimum Gasteiger partial charge on any atom is -0.410 e. The lowest BCUT2D eigenvalue weighted by atomic mass is 10.0. The van der Waals surface area contributed by atoms with Gasteiger partial charge in [0, 0.05) is 22.7 Å². The molecule has 0 fully saturated rings. The lowest BCUT2D eigenvalue weighted by Crippen LogP contribution is -2.27. The number of unbranched alkanes of at least 4 members (excludes halogenated alkanes) is 2. The molecule has 0 saturated carbocycles. The van der Waals surface area contributed by atoms with E-state index in [1.807, 2.05) is 36.4 Å². The van der Waals surface area contributed by atoms with Crippen LogP contribution >= 0.6 is 11.6 Å². The average molecular weight is 474 g/mol. The van der Waals surface area contributed by atoms with Crippen LogP contribution in [0.1, 0.15) is 43.7 Å². The van der Waals surface area contributed by atoms with Gasteiger partial charge in [0.2, 0.25) is 0 Å². The minimum absolute atomic E-state index is 0.459. The van der Waals surface area contributed by atoms with Gasteiger partial charge in [-0.15, -0.1) is 0 Å². The third-order valence-electron chi connectivity index (χ3n) is 5.64. The first kappa shape index (κ1) is 23.7. The van der Waals surface area contributed by atoms with Gasteiger partial charge in [-0.3, -0.25) is 9.98 Å². The normalized spacial score (nSPS) is 14.3. The molecular formula is C28H28ClN3O2. The zero-order valence-electron chi connectivity index (χ0n) is 19.2. The quantitative estimate of drug-likeness (QED) is 0.351. The van der Waals surface area contributed by atoms with E-state index in [1.54, 1.807) is 24.3 Å². The second-order valence-corrected chi connectivity index (χ2v) is 8.89. The molecule has 1 aliphatic heterocycles. The van der Waals surface area contributed by atoms with Crippen molar-refractivity contribution < 1.29 is 9.53 Å². The predicted molar refractivity (Wildman–Crippen MR) is 138 cm³/mol. The van der Waals surface area contributed by atoms with Gasteiger partial charge in [0.25, 0.3) is 0 Å². The van der Waals surface area contributed by atoms with Crippen molar-refractivity contribution in [1.82, 2.24) is 5.32 Å². The molecule has 0 aromatic heterocycles. The fourth-order valence-electron chi connectivity index (χ4n) is 3.92. The summed E-state index contributed by atoms with van der Waals surface area (Å²) < 4.78 is 5.24. The zero-order valence-corrected chi connectivity index (χ0v) is 20.0. The highest BCUT2D eigenvalue weighted by Gasteiger charge is 2.32. The Balaban J connectivity index is 1.29. The number of nitrogens with zero attached hydrogens (tertiary/aromatic N) is 2. The number of benzene rings is 3. The maximum Gasteiger partial charge on any atom is 0.412 e. The number of hydrogen-bond acceptors (Lipinski definition) is 4. The smallest absolute Gasteiger partial charge is 0.410 e. The molecule has 0 unspecified atom stereocenters. The maximum atomic E-state index is 11.9. The number of amides is 1. The number of rotatable bonds is 9. The summed E-state index contributed by atoms with van der Waals surface area (Å²) in [5.74, 6) is 0.468. The van der Waals surface area contributed by atoms with Crippen LogP contribution < -0.4 is 10.1 Å². The molecule has 174 valence electrons. The summed E-state index contributed by atoms with van der Waals surface area (Å²) in [4.78, 5) is 22.1. The Labute approximate surface area is 205 Å². The molecule has 0 aliphatic carbocycles. The second kappa shape index (κ2) is 11.1. The SMILES string of the molecule is CC1(CCCCCNC(=O)Oc2ccc(Cl)cc2)N=C(c2ccccc2)C(c2ccccc2)=N1. The van der Waals surface area contributed by atoms with Crippen LogP contribution in [0.2, 0.25) is 5.02 Å². The summed E-state index contributed by atoms with van der Waals surface area (Å²) in [6, 6.07) is 27.2. The van der Waals surface area contributed by atoms with Crippen molar-refractivity contribution in [1.29, 1.82) is 0 Å². The van der Waals surface area contributed by atoms with Crippen LogP contribution in [0.15, 0.2) is 94.9 Å². The average Bonchev–Trinajstić information content (AvgIpc) is 3.22. The van der Waals surface area contributed by atoms with Gasteiger partial charge in [0.15, 0.2) is 0 Å². The number of carbonyl (C=O) groups is 1. The number of hydrogen-bond donors (Lipinski definition) is 1. The van der Waals surface area contributed by atoms with Gasteiger partial charge in [-0.1, -0.05) is 78.7 Å². The van der Waals surface area contributed by atoms with Crippen molar-refractivity contribution in [2.75, 3.05) is 6.54 Å². The van der Waals surface area contributed by atoms with Crippen LogP contribution in [0, 0.1) is 0 Å². The Morgan fingerprint density at radius 3 is 1.94 bits per heavy atom. The molecule has 34 heavy (non-hydrogen) atoms. The van der Waals surface area contributed by atoms with Crippen molar-refractivity contribution in [3.05, 3.63) is 101 Å². The molecule has 0 radical (unpaired) electrons. The van der Waals surface area contributed by atoms with Crippen LogP contribution in [0.5, 0.6) is 5.75 Å². The molecule has 3 aromatic rings. The third-order valence-corrected chi connectivity index (χ3v) is 5.90. The summed E-state index contributed by atoms with van der Waals surface area (Å²) in [6.07, 6.45) is 3.16. The highest BCUT2D eigenvalue weighted by molar-refractivity contribution is 6.54. The zero-order chi connectivity index (χ0) is 23.8. The van der Waals surface area contributed by atoms with Gasteiger partial charge in [-0.25, -0.2) is 4.79 Å². The van der Waals surface area contributed by atoms with E-state index in [9.17, 15) is 4.79 Å². The van der Waals surface area contributed by atoms with E-state index in [1.165, 1.54) is 0 Å². The van der Waals surface area contributed by atoms with E-state index in [0.717, 1.165) is 48.2 Å². The molecule has 1 N–H and O–H groups in total. The molecule has 5 nitrogen and oxygen atoms in total. The highest BCUT2D eigenvalue weighted by Crippen LogP contribution is 2.30. The number of nitrogens with one attached hydrogen (secondary N) is 1. The second-order valence-electron chi connectivity index (χ2n) is 8.45. The molecular weight excluding hydrogens is 446 g/mol. The topological polar surface area (TPSA) is 63.0 Å². The maximum absolute atomic E-state index is 11.9. The van der Waals surface area contributed by atoms with Gasteiger partial charge < -0.3 is 10.1 Å². The highest BCUT2D eigenvalue weighted by atomic mass is 35.5. The Kier molecular flexibility index (Phi) is 7.76. The summed E-state index contributed by atoms with van der Waals surface area (Å²) >= 11 is 5.84. The van der Waals surface area contributed by atoms with E-state index in [2.05, 4.69) is 36.5 Å². The number of carbonyl (C=O) groups excluding carboxylic acids is 1. The van der Waals surface area contributed by atoms with E-state index in [-0.39, 0.29) is 0 Å². The first-order valence-electron chi connectivity index (χ1n) is 11.5. The summed E-state index contributed by atoms with van der Waals surface area (Å²) in [5, 5.41) is 3.39. The third kappa shape index (κ3) is 6.33. The van der Waals surface area contributed by atoms with Gasteiger partial charge in [-0.2, -0.15) is 0 Å². The Hall–Kier alpha value is -3.44. The summed E-state index contributed by atoms with van der Waals surface area (Å²) in [7, 11) is 0. The van der Waals surface area contributed by atoms with Crippen LogP contribution in [0.3, 0.4) is 0 Å². The predicted octanol–water partition coefficient (Wildman–Crippen LogP) is 6.70.